The zero-order valence-electron chi connectivity index (χ0n) is 12.3. The molecule has 1 aliphatic heterocycles. The Morgan fingerprint density at radius 2 is 2.00 bits per heavy atom. The maximum atomic E-state index is 12.2. The number of primary amides is 1. The van der Waals surface area contributed by atoms with Crippen LogP contribution in [0.3, 0.4) is 0 Å². The molecule has 23 heavy (non-hydrogen) atoms. The van der Waals surface area contributed by atoms with Gasteiger partial charge in [0.05, 0.1) is 25.4 Å². The number of carbonyl (C=O) groups excluding carboxylic acids is 2. The minimum Gasteiger partial charge on any atom is -0.376 e. The van der Waals surface area contributed by atoms with E-state index < -0.39 is 12.0 Å². The second-order valence-corrected chi connectivity index (χ2v) is 6.06. The summed E-state index contributed by atoms with van der Waals surface area (Å²) >= 11 is 1.30. The van der Waals surface area contributed by atoms with Crippen molar-refractivity contribution in [3.05, 3.63) is 42.0 Å². The summed E-state index contributed by atoms with van der Waals surface area (Å²) in [4.78, 5) is 24.7. The van der Waals surface area contributed by atoms with Crippen LogP contribution in [-0.4, -0.2) is 37.7 Å². The molecule has 1 saturated heterocycles. The molecule has 0 aliphatic carbocycles. The number of thiophene rings is 1. The number of anilines is 1. The average molecular weight is 332 g/mol. The molecule has 1 atom stereocenters. The number of ether oxygens (including phenoxy) is 2. The van der Waals surface area contributed by atoms with Gasteiger partial charge in [0.2, 0.25) is 0 Å². The summed E-state index contributed by atoms with van der Waals surface area (Å²) in [5.41, 5.74) is 6.67. The maximum Gasteiger partial charge on any atom is 0.256 e. The molecule has 1 aromatic carbocycles. The Hall–Kier alpha value is -2.22. The summed E-state index contributed by atoms with van der Waals surface area (Å²) in [6.45, 7) is 1.06. The minimum absolute atomic E-state index is 0.203. The van der Waals surface area contributed by atoms with Gasteiger partial charge in [-0.15, -0.1) is 11.3 Å². The first kappa shape index (κ1) is 15.7. The summed E-state index contributed by atoms with van der Waals surface area (Å²) in [7, 11) is 0. The Kier molecular flexibility index (Phi) is 4.71. The number of benzene rings is 1. The number of rotatable bonds is 4. The van der Waals surface area contributed by atoms with Crippen molar-refractivity contribution in [2.24, 2.45) is 5.73 Å². The third kappa shape index (κ3) is 3.58. The Morgan fingerprint density at radius 3 is 2.65 bits per heavy atom. The molecule has 1 fully saturated rings. The standard InChI is InChI=1S/C16H16N2O4S/c17-14(19)11-8-13(10-4-2-1-3-5-10)23-16(11)18-15(20)12-9-21-6-7-22-12/h1-5,8,12H,6-7,9H2,(H2,17,19)(H,18,20). The highest BCUT2D eigenvalue weighted by Crippen LogP contribution is 2.35. The molecule has 2 amide bonds. The molecule has 1 aliphatic rings. The maximum absolute atomic E-state index is 12.2. The summed E-state index contributed by atoms with van der Waals surface area (Å²) in [5, 5.41) is 3.15. The lowest BCUT2D eigenvalue weighted by Gasteiger charge is -2.21. The highest BCUT2D eigenvalue weighted by atomic mass is 32.1. The number of hydrogen-bond donors (Lipinski definition) is 2. The summed E-state index contributed by atoms with van der Waals surface area (Å²) in [6.07, 6.45) is -0.674. The molecule has 6 nitrogen and oxygen atoms in total. The van der Waals surface area contributed by atoms with Crippen LogP contribution in [0.25, 0.3) is 10.4 Å². The SMILES string of the molecule is NC(=O)c1cc(-c2ccccc2)sc1NC(=O)C1COCCO1. The monoisotopic (exact) mass is 332 g/mol. The van der Waals surface area contributed by atoms with E-state index in [2.05, 4.69) is 5.32 Å². The first-order valence-corrected chi connectivity index (χ1v) is 7.96. The largest absolute Gasteiger partial charge is 0.376 e. The van der Waals surface area contributed by atoms with Crippen LogP contribution in [0, 0.1) is 0 Å². The van der Waals surface area contributed by atoms with E-state index in [4.69, 9.17) is 15.2 Å². The van der Waals surface area contributed by atoms with Gasteiger partial charge in [0, 0.05) is 4.88 Å². The van der Waals surface area contributed by atoms with Crippen molar-refractivity contribution in [2.75, 3.05) is 25.1 Å². The van der Waals surface area contributed by atoms with Crippen LogP contribution in [0.4, 0.5) is 5.00 Å². The number of carbonyl (C=O) groups is 2. The predicted octanol–water partition coefficient (Wildman–Crippen LogP) is 1.87. The quantitative estimate of drug-likeness (QED) is 0.894. The predicted molar refractivity (Wildman–Crippen MR) is 87.5 cm³/mol. The molecule has 2 aromatic rings. The van der Waals surface area contributed by atoms with Crippen molar-refractivity contribution in [2.45, 2.75) is 6.10 Å². The van der Waals surface area contributed by atoms with Gasteiger partial charge >= 0.3 is 0 Å². The minimum atomic E-state index is -0.674. The first-order chi connectivity index (χ1) is 11.1. The van der Waals surface area contributed by atoms with Gasteiger partial charge in [-0.3, -0.25) is 9.59 Å². The molecule has 0 spiro atoms. The highest BCUT2D eigenvalue weighted by Gasteiger charge is 2.25. The fourth-order valence-corrected chi connectivity index (χ4v) is 3.31. The van der Waals surface area contributed by atoms with Gasteiger partial charge in [0.15, 0.2) is 6.10 Å². The molecular formula is C16H16N2O4S. The Labute approximate surface area is 137 Å². The van der Waals surface area contributed by atoms with Gasteiger partial charge < -0.3 is 20.5 Å². The fraction of sp³-hybridized carbons (Fsp3) is 0.250. The lowest BCUT2D eigenvalue weighted by Crippen LogP contribution is -2.39. The van der Waals surface area contributed by atoms with Crippen LogP contribution in [0.5, 0.6) is 0 Å². The Balaban J connectivity index is 1.84. The van der Waals surface area contributed by atoms with Crippen molar-refractivity contribution >= 4 is 28.2 Å². The van der Waals surface area contributed by atoms with E-state index in [1.807, 2.05) is 30.3 Å². The van der Waals surface area contributed by atoms with Gasteiger partial charge in [0.25, 0.3) is 11.8 Å². The zero-order chi connectivity index (χ0) is 16.2. The van der Waals surface area contributed by atoms with Crippen molar-refractivity contribution in [3.63, 3.8) is 0 Å². The van der Waals surface area contributed by atoms with E-state index in [-0.39, 0.29) is 12.5 Å². The Bertz CT molecular complexity index is 708. The smallest absolute Gasteiger partial charge is 0.256 e. The highest BCUT2D eigenvalue weighted by molar-refractivity contribution is 7.20. The normalized spacial score (nSPS) is 17.7. The third-order valence-corrected chi connectivity index (χ3v) is 4.50. The van der Waals surface area contributed by atoms with Gasteiger partial charge in [-0.25, -0.2) is 0 Å². The van der Waals surface area contributed by atoms with Crippen molar-refractivity contribution in [3.8, 4) is 10.4 Å². The number of hydrogen-bond acceptors (Lipinski definition) is 5. The van der Waals surface area contributed by atoms with E-state index in [0.29, 0.717) is 23.8 Å². The summed E-state index contributed by atoms with van der Waals surface area (Å²) in [5.74, 6) is -0.923. The Morgan fingerprint density at radius 1 is 1.22 bits per heavy atom. The average Bonchev–Trinajstić information content (AvgIpc) is 3.00. The van der Waals surface area contributed by atoms with E-state index in [0.717, 1.165) is 10.4 Å². The molecule has 7 heteroatoms. The fourth-order valence-electron chi connectivity index (χ4n) is 2.24. The van der Waals surface area contributed by atoms with E-state index in [9.17, 15) is 9.59 Å². The second-order valence-electron chi connectivity index (χ2n) is 5.01. The van der Waals surface area contributed by atoms with Crippen molar-refractivity contribution < 1.29 is 19.1 Å². The van der Waals surface area contributed by atoms with E-state index in [1.165, 1.54) is 11.3 Å². The van der Waals surface area contributed by atoms with Crippen LogP contribution in [0.1, 0.15) is 10.4 Å². The van der Waals surface area contributed by atoms with Crippen LogP contribution in [0.15, 0.2) is 36.4 Å². The van der Waals surface area contributed by atoms with Crippen LogP contribution in [0.2, 0.25) is 0 Å². The van der Waals surface area contributed by atoms with Crippen LogP contribution >= 0.6 is 11.3 Å². The van der Waals surface area contributed by atoms with E-state index >= 15 is 0 Å². The van der Waals surface area contributed by atoms with Gasteiger partial charge in [-0.1, -0.05) is 30.3 Å². The lowest BCUT2D eigenvalue weighted by atomic mass is 10.1. The van der Waals surface area contributed by atoms with E-state index in [1.54, 1.807) is 6.07 Å². The number of amides is 2. The van der Waals surface area contributed by atoms with Gasteiger partial charge in [0.1, 0.15) is 5.00 Å². The second kappa shape index (κ2) is 6.91. The molecule has 0 radical (unpaired) electrons. The van der Waals surface area contributed by atoms with Gasteiger partial charge in [-0.2, -0.15) is 0 Å². The molecule has 0 saturated carbocycles. The molecule has 0 bridgehead atoms. The van der Waals surface area contributed by atoms with Crippen molar-refractivity contribution in [1.82, 2.24) is 0 Å². The molecule has 1 aromatic heterocycles. The summed E-state index contributed by atoms with van der Waals surface area (Å²) < 4.78 is 10.6. The molecule has 2 heterocycles. The number of nitrogens with one attached hydrogen (secondary N) is 1. The molecular weight excluding hydrogens is 316 g/mol. The third-order valence-electron chi connectivity index (χ3n) is 3.40. The lowest BCUT2D eigenvalue weighted by molar-refractivity contribution is -0.142. The van der Waals surface area contributed by atoms with Crippen LogP contribution < -0.4 is 11.1 Å². The topological polar surface area (TPSA) is 90.7 Å². The molecule has 3 N–H and O–H groups in total. The molecule has 3 rings (SSSR count). The molecule has 1 unspecified atom stereocenters. The van der Waals surface area contributed by atoms with Crippen LogP contribution in [-0.2, 0) is 14.3 Å². The number of nitrogens with two attached hydrogens (primary N) is 1. The van der Waals surface area contributed by atoms with Crippen molar-refractivity contribution in [1.29, 1.82) is 0 Å². The summed E-state index contributed by atoms with van der Waals surface area (Å²) in [6, 6.07) is 11.3. The van der Waals surface area contributed by atoms with Gasteiger partial charge in [-0.05, 0) is 11.6 Å². The molecule has 120 valence electrons. The zero-order valence-corrected chi connectivity index (χ0v) is 13.1. The first-order valence-electron chi connectivity index (χ1n) is 7.14.